The van der Waals surface area contributed by atoms with Crippen LogP contribution in [-0.4, -0.2) is 62.8 Å². The Balaban J connectivity index is 2.08. The summed E-state index contributed by atoms with van der Waals surface area (Å²) in [6.07, 6.45) is 0.943. The number of piperazine rings is 1. The van der Waals surface area contributed by atoms with Crippen LogP contribution in [0.4, 0.5) is 0 Å². The van der Waals surface area contributed by atoms with E-state index in [4.69, 9.17) is 5.73 Å². The molecule has 1 unspecified atom stereocenters. The van der Waals surface area contributed by atoms with Gasteiger partial charge in [0.05, 0.1) is 4.90 Å². The van der Waals surface area contributed by atoms with E-state index in [1.165, 1.54) is 4.31 Å². The molecule has 1 heterocycles. The van der Waals surface area contributed by atoms with Crippen molar-refractivity contribution < 1.29 is 13.2 Å². The second kappa shape index (κ2) is 8.75. The maximum absolute atomic E-state index is 13.0. The third kappa shape index (κ3) is 5.50. The van der Waals surface area contributed by atoms with Crippen molar-refractivity contribution in [3.63, 3.8) is 0 Å². The average molecular weight is 369 g/mol. The van der Waals surface area contributed by atoms with E-state index in [9.17, 15) is 13.2 Å². The van der Waals surface area contributed by atoms with Crippen LogP contribution >= 0.6 is 0 Å². The van der Waals surface area contributed by atoms with Gasteiger partial charge in [-0.15, -0.1) is 0 Å². The highest BCUT2D eigenvalue weighted by atomic mass is 32.2. The van der Waals surface area contributed by atoms with Crippen LogP contribution in [0.2, 0.25) is 0 Å². The summed E-state index contributed by atoms with van der Waals surface area (Å²) in [5, 5.41) is 2.79. The summed E-state index contributed by atoms with van der Waals surface area (Å²) in [4.78, 5) is 14.3. The van der Waals surface area contributed by atoms with Crippen LogP contribution in [0.15, 0.2) is 29.2 Å². The average Bonchev–Trinajstić information content (AvgIpc) is 2.58. The number of rotatable bonds is 7. The summed E-state index contributed by atoms with van der Waals surface area (Å²) in [7, 11) is -1.57. The van der Waals surface area contributed by atoms with Crippen molar-refractivity contribution >= 4 is 15.9 Å². The zero-order valence-electron chi connectivity index (χ0n) is 14.9. The Morgan fingerprint density at radius 1 is 1.24 bits per heavy atom. The number of sulfonamides is 1. The van der Waals surface area contributed by atoms with Gasteiger partial charge in [-0.05, 0) is 32.0 Å². The van der Waals surface area contributed by atoms with Crippen molar-refractivity contribution in [2.45, 2.75) is 37.2 Å². The molecule has 7 nitrogen and oxygen atoms in total. The lowest BCUT2D eigenvalue weighted by Gasteiger charge is -2.32. The molecular weight excluding hydrogens is 340 g/mol. The Morgan fingerprint density at radius 2 is 1.88 bits per heavy atom. The van der Waals surface area contributed by atoms with E-state index in [1.807, 2.05) is 14.0 Å². The fourth-order valence-electron chi connectivity index (χ4n) is 2.71. The van der Waals surface area contributed by atoms with Crippen molar-refractivity contribution in [3.05, 3.63) is 29.8 Å². The summed E-state index contributed by atoms with van der Waals surface area (Å²) in [6, 6.07) is 6.82. The number of carbonyl (C=O) groups excluding carboxylic acids is 1. The van der Waals surface area contributed by atoms with Gasteiger partial charge < -0.3 is 16.0 Å². The van der Waals surface area contributed by atoms with Crippen LogP contribution in [0.3, 0.4) is 0 Å². The van der Waals surface area contributed by atoms with Crippen molar-refractivity contribution in [2.24, 2.45) is 5.73 Å². The van der Waals surface area contributed by atoms with Crippen LogP contribution in [0.1, 0.15) is 25.3 Å². The van der Waals surface area contributed by atoms with Gasteiger partial charge in [-0.2, -0.15) is 4.31 Å². The molecule has 1 aromatic carbocycles. The second-order valence-corrected chi connectivity index (χ2v) is 8.51. The van der Waals surface area contributed by atoms with Crippen LogP contribution < -0.4 is 11.1 Å². The van der Waals surface area contributed by atoms with Gasteiger partial charge in [0.25, 0.3) is 0 Å². The van der Waals surface area contributed by atoms with Gasteiger partial charge in [0.1, 0.15) is 0 Å². The predicted molar refractivity (Wildman–Crippen MR) is 97.4 cm³/mol. The fraction of sp³-hybridized carbons (Fsp3) is 0.588. The van der Waals surface area contributed by atoms with Gasteiger partial charge in [0, 0.05) is 45.2 Å². The molecule has 0 aliphatic carbocycles. The molecule has 140 valence electrons. The first-order valence-corrected chi connectivity index (χ1v) is 10.0. The van der Waals surface area contributed by atoms with E-state index >= 15 is 0 Å². The fourth-order valence-corrected chi connectivity index (χ4v) is 4.35. The lowest BCUT2D eigenvalue weighted by Crippen LogP contribution is -2.47. The van der Waals surface area contributed by atoms with E-state index in [0.717, 1.165) is 13.1 Å². The van der Waals surface area contributed by atoms with Crippen molar-refractivity contribution in [3.8, 4) is 0 Å². The summed E-state index contributed by atoms with van der Waals surface area (Å²) in [6.45, 7) is 4.44. The Labute approximate surface area is 150 Å². The summed E-state index contributed by atoms with van der Waals surface area (Å²) < 4.78 is 27.4. The van der Waals surface area contributed by atoms with Crippen LogP contribution in [0, 0.1) is 0 Å². The molecule has 1 amide bonds. The van der Waals surface area contributed by atoms with Crippen molar-refractivity contribution in [1.82, 2.24) is 14.5 Å². The molecule has 1 atom stereocenters. The van der Waals surface area contributed by atoms with Crippen LogP contribution in [-0.2, 0) is 21.4 Å². The molecule has 0 saturated carbocycles. The van der Waals surface area contributed by atoms with Gasteiger partial charge in [-0.3, -0.25) is 4.79 Å². The number of amides is 1. The first kappa shape index (κ1) is 19.8. The number of likely N-dealkylation sites (N-methyl/N-ethyl adjacent to an activating group) is 1. The minimum atomic E-state index is -3.55. The van der Waals surface area contributed by atoms with Crippen LogP contribution in [0.25, 0.3) is 0 Å². The highest BCUT2D eigenvalue weighted by molar-refractivity contribution is 7.89. The molecule has 0 bridgehead atoms. The quantitative estimate of drug-likeness (QED) is 0.725. The van der Waals surface area contributed by atoms with Crippen LogP contribution in [0.5, 0.6) is 0 Å². The first-order chi connectivity index (χ1) is 11.8. The van der Waals surface area contributed by atoms with Gasteiger partial charge in [0.15, 0.2) is 0 Å². The van der Waals surface area contributed by atoms with Crippen molar-refractivity contribution in [1.29, 1.82) is 0 Å². The van der Waals surface area contributed by atoms with Gasteiger partial charge >= 0.3 is 0 Å². The molecule has 0 aromatic heterocycles. The number of hydrogen-bond donors (Lipinski definition) is 2. The lowest BCUT2D eigenvalue weighted by molar-refractivity contribution is -0.121. The Morgan fingerprint density at radius 3 is 2.52 bits per heavy atom. The molecule has 25 heavy (non-hydrogen) atoms. The molecule has 1 aromatic rings. The normalized spacial score (nSPS) is 18.0. The Bertz CT molecular complexity index is 683. The van der Waals surface area contributed by atoms with Gasteiger partial charge in [-0.1, -0.05) is 18.2 Å². The van der Waals surface area contributed by atoms with E-state index in [0.29, 0.717) is 31.5 Å². The zero-order valence-corrected chi connectivity index (χ0v) is 15.8. The molecule has 8 heteroatoms. The molecule has 0 spiro atoms. The highest BCUT2D eigenvalue weighted by Crippen LogP contribution is 2.21. The highest BCUT2D eigenvalue weighted by Gasteiger charge is 2.29. The standard InChI is InChI=1S/C17H28N4O3S/c1-14(18)7-8-17(22)19-13-15-5-3-4-6-16(15)25(23,24)21-11-9-20(2)10-12-21/h3-6,14H,7-13,18H2,1-2H3,(H,19,22). The third-order valence-corrected chi connectivity index (χ3v) is 6.35. The summed E-state index contributed by atoms with van der Waals surface area (Å²) >= 11 is 0. The summed E-state index contributed by atoms with van der Waals surface area (Å²) in [5.41, 5.74) is 6.26. The SMILES string of the molecule is CC(N)CCC(=O)NCc1ccccc1S(=O)(=O)N1CCN(C)CC1. The minimum Gasteiger partial charge on any atom is -0.352 e. The zero-order chi connectivity index (χ0) is 18.4. The lowest BCUT2D eigenvalue weighted by atomic mass is 10.2. The maximum Gasteiger partial charge on any atom is 0.243 e. The maximum atomic E-state index is 13.0. The monoisotopic (exact) mass is 368 g/mol. The number of nitrogens with two attached hydrogens (primary N) is 1. The number of hydrogen-bond acceptors (Lipinski definition) is 5. The minimum absolute atomic E-state index is 0.0318. The smallest absolute Gasteiger partial charge is 0.243 e. The van der Waals surface area contributed by atoms with E-state index < -0.39 is 10.0 Å². The molecule has 2 rings (SSSR count). The molecule has 1 aliphatic heterocycles. The molecule has 1 fully saturated rings. The molecule has 1 saturated heterocycles. The largest absolute Gasteiger partial charge is 0.352 e. The Kier molecular flexibility index (Phi) is 6.95. The molecule has 3 N–H and O–H groups in total. The van der Waals surface area contributed by atoms with E-state index in [1.54, 1.807) is 24.3 Å². The van der Waals surface area contributed by atoms with Crippen molar-refractivity contribution in [2.75, 3.05) is 33.2 Å². The van der Waals surface area contributed by atoms with Gasteiger partial charge in [-0.25, -0.2) is 8.42 Å². The molecule has 1 aliphatic rings. The molecule has 0 radical (unpaired) electrons. The first-order valence-electron chi connectivity index (χ1n) is 8.59. The topological polar surface area (TPSA) is 95.7 Å². The predicted octanol–water partition coefficient (Wildman–Crippen LogP) is 0.366. The number of nitrogens with zero attached hydrogens (tertiary/aromatic N) is 2. The van der Waals surface area contributed by atoms with E-state index in [2.05, 4.69) is 10.2 Å². The number of carbonyl (C=O) groups is 1. The van der Waals surface area contributed by atoms with E-state index in [-0.39, 0.29) is 23.4 Å². The number of nitrogens with one attached hydrogen (secondary N) is 1. The number of benzene rings is 1. The summed E-state index contributed by atoms with van der Waals surface area (Å²) in [5.74, 6) is -0.121. The second-order valence-electron chi connectivity index (χ2n) is 6.61. The third-order valence-electron chi connectivity index (χ3n) is 4.36. The van der Waals surface area contributed by atoms with Gasteiger partial charge in [0.2, 0.25) is 15.9 Å². The Hall–Kier alpha value is -1.48. The molecular formula is C17H28N4O3S.